The van der Waals surface area contributed by atoms with E-state index in [2.05, 4.69) is 0 Å². The number of rotatable bonds is 11. The van der Waals surface area contributed by atoms with Gasteiger partial charge in [0, 0.05) is 20.1 Å². The SMILES string of the molecule is CC/C=C/C(O)CC(O)CCCCCCOC. The normalized spacial score (nSPS) is 15.3. The maximum atomic E-state index is 9.70. The Kier molecular flexibility index (Phi) is 11.8. The Morgan fingerprint density at radius 1 is 1.12 bits per heavy atom. The maximum absolute atomic E-state index is 9.70. The molecule has 0 bridgehead atoms. The Morgan fingerprint density at radius 3 is 2.47 bits per heavy atom. The molecule has 0 radical (unpaired) electrons. The van der Waals surface area contributed by atoms with Crippen LogP contribution in [0, 0.1) is 0 Å². The Hall–Kier alpha value is -0.380. The summed E-state index contributed by atoms with van der Waals surface area (Å²) in [4.78, 5) is 0. The molecule has 2 unspecified atom stereocenters. The second-order valence-corrected chi connectivity index (χ2v) is 4.49. The van der Waals surface area contributed by atoms with Gasteiger partial charge in [-0.2, -0.15) is 0 Å². The van der Waals surface area contributed by atoms with Gasteiger partial charge in [-0.3, -0.25) is 0 Å². The fraction of sp³-hybridized carbons (Fsp3) is 0.857. The van der Waals surface area contributed by atoms with Gasteiger partial charge in [-0.25, -0.2) is 0 Å². The molecular formula is C14H28O3. The Morgan fingerprint density at radius 2 is 1.82 bits per heavy atom. The van der Waals surface area contributed by atoms with Crippen molar-refractivity contribution in [2.24, 2.45) is 0 Å². The van der Waals surface area contributed by atoms with E-state index in [1.165, 1.54) is 0 Å². The monoisotopic (exact) mass is 244 g/mol. The zero-order valence-corrected chi connectivity index (χ0v) is 11.3. The van der Waals surface area contributed by atoms with Crippen molar-refractivity contribution in [3.63, 3.8) is 0 Å². The lowest BCUT2D eigenvalue weighted by Gasteiger charge is -2.12. The molecule has 0 saturated carbocycles. The van der Waals surface area contributed by atoms with Crippen molar-refractivity contribution in [3.8, 4) is 0 Å². The molecule has 102 valence electrons. The smallest absolute Gasteiger partial charge is 0.0745 e. The molecule has 0 aliphatic carbocycles. The number of unbranched alkanes of at least 4 members (excludes halogenated alkanes) is 3. The van der Waals surface area contributed by atoms with E-state index in [9.17, 15) is 10.2 Å². The molecule has 0 saturated heterocycles. The van der Waals surface area contributed by atoms with Crippen LogP contribution in [0.2, 0.25) is 0 Å². The van der Waals surface area contributed by atoms with Crippen LogP contribution >= 0.6 is 0 Å². The molecule has 3 heteroatoms. The topological polar surface area (TPSA) is 49.7 Å². The summed E-state index contributed by atoms with van der Waals surface area (Å²) in [5.41, 5.74) is 0. The van der Waals surface area contributed by atoms with Crippen molar-refractivity contribution in [1.29, 1.82) is 0 Å². The highest BCUT2D eigenvalue weighted by Crippen LogP contribution is 2.10. The van der Waals surface area contributed by atoms with Crippen molar-refractivity contribution in [2.45, 2.75) is 64.1 Å². The number of hydrogen-bond acceptors (Lipinski definition) is 3. The minimum Gasteiger partial charge on any atom is -0.393 e. The first-order chi connectivity index (χ1) is 8.20. The Bertz CT molecular complexity index is 180. The van der Waals surface area contributed by atoms with Gasteiger partial charge in [0.25, 0.3) is 0 Å². The summed E-state index contributed by atoms with van der Waals surface area (Å²) in [6, 6.07) is 0. The number of hydrogen-bond donors (Lipinski definition) is 2. The lowest BCUT2D eigenvalue weighted by molar-refractivity contribution is 0.0954. The van der Waals surface area contributed by atoms with Crippen molar-refractivity contribution >= 4 is 0 Å². The number of ether oxygens (including phenoxy) is 1. The first-order valence-corrected chi connectivity index (χ1v) is 6.72. The van der Waals surface area contributed by atoms with E-state index in [4.69, 9.17) is 4.74 Å². The predicted octanol–water partition coefficient (Wildman–Crippen LogP) is 2.66. The minimum atomic E-state index is -0.501. The first-order valence-electron chi connectivity index (χ1n) is 6.72. The van der Waals surface area contributed by atoms with E-state index in [0.717, 1.165) is 45.1 Å². The van der Waals surface area contributed by atoms with Gasteiger partial charge >= 0.3 is 0 Å². The molecule has 0 aliphatic rings. The van der Waals surface area contributed by atoms with Crippen LogP contribution in [0.15, 0.2) is 12.2 Å². The van der Waals surface area contributed by atoms with Gasteiger partial charge in [-0.15, -0.1) is 0 Å². The summed E-state index contributed by atoms with van der Waals surface area (Å²) >= 11 is 0. The summed E-state index contributed by atoms with van der Waals surface area (Å²) in [6.07, 6.45) is 9.37. The lowest BCUT2D eigenvalue weighted by atomic mass is 10.0. The van der Waals surface area contributed by atoms with Gasteiger partial charge in [0.15, 0.2) is 0 Å². The van der Waals surface area contributed by atoms with Crippen LogP contribution in [0.5, 0.6) is 0 Å². The fourth-order valence-corrected chi connectivity index (χ4v) is 1.75. The van der Waals surface area contributed by atoms with E-state index < -0.39 is 6.10 Å². The van der Waals surface area contributed by atoms with E-state index in [-0.39, 0.29) is 6.10 Å². The molecule has 0 aromatic carbocycles. The predicted molar refractivity (Wildman–Crippen MR) is 71.0 cm³/mol. The van der Waals surface area contributed by atoms with Gasteiger partial charge in [0.05, 0.1) is 12.2 Å². The number of aliphatic hydroxyl groups excluding tert-OH is 2. The molecular weight excluding hydrogens is 216 g/mol. The van der Waals surface area contributed by atoms with Gasteiger partial charge in [-0.05, 0) is 19.3 Å². The molecule has 0 rings (SSSR count). The van der Waals surface area contributed by atoms with Gasteiger partial charge in [0.2, 0.25) is 0 Å². The van der Waals surface area contributed by atoms with Crippen LogP contribution in [0.1, 0.15) is 51.9 Å². The quantitative estimate of drug-likeness (QED) is 0.434. The largest absolute Gasteiger partial charge is 0.393 e. The summed E-state index contributed by atoms with van der Waals surface area (Å²) in [5, 5.41) is 19.3. The maximum Gasteiger partial charge on any atom is 0.0745 e. The third kappa shape index (κ3) is 11.9. The zero-order chi connectivity index (χ0) is 12.9. The molecule has 3 nitrogen and oxygen atoms in total. The lowest BCUT2D eigenvalue weighted by Crippen LogP contribution is -2.15. The highest BCUT2D eigenvalue weighted by molar-refractivity contribution is 4.88. The third-order valence-electron chi connectivity index (χ3n) is 2.74. The van der Waals surface area contributed by atoms with Gasteiger partial charge in [0.1, 0.15) is 0 Å². The average molecular weight is 244 g/mol. The van der Waals surface area contributed by atoms with Crippen molar-refractivity contribution in [2.75, 3.05) is 13.7 Å². The highest BCUT2D eigenvalue weighted by Gasteiger charge is 2.08. The summed E-state index contributed by atoms with van der Waals surface area (Å²) in [5.74, 6) is 0. The number of aliphatic hydroxyl groups is 2. The van der Waals surface area contributed by atoms with E-state index in [1.807, 2.05) is 13.0 Å². The van der Waals surface area contributed by atoms with Crippen LogP contribution < -0.4 is 0 Å². The average Bonchev–Trinajstić information content (AvgIpc) is 2.31. The summed E-state index contributed by atoms with van der Waals surface area (Å²) < 4.78 is 4.97. The van der Waals surface area contributed by atoms with Crippen LogP contribution in [0.25, 0.3) is 0 Å². The molecule has 0 fully saturated rings. The summed E-state index contributed by atoms with van der Waals surface area (Å²) in [7, 11) is 1.72. The van der Waals surface area contributed by atoms with Crippen molar-refractivity contribution < 1.29 is 14.9 Å². The van der Waals surface area contributed by atoms with Crippen LogP contribution in [0.3, 0.4) is 0 Å². The van der Waals surface area contributed by atoms with Crippen molar-refractivity contribution in [3.05, 3.63) is 12.2 Å². The van der Waals surface area contributed by atoms with E-state index in [1.54, 1.807) is 13.2 Å². The second kappa shape index (κ2) is 12.1. The second-order valence-electron chi connectivity index (χ2n) is 4.49. The molecule has 0 amide bonds. The Labute approximate surface area is 105 Å². The summed E-state index contributed by atoms with van der Waals surface area (Å²) in [6.45, 7) is 2.85. The molecule has 2 N–H and O–H groups in total. The highest BCUT2D eigenvalue weighted by atomic mass is 16.5. The molecule has 0 aromatic heterocycles. The van der Waals surface area contributed by atoms with Gasteiger partial charge < -0.3 is 14.9 Å². The number of methoxy groups -OCH3 is 1. The molecule has 0 heterocycles. The first kappa shape index (κ1) is 16.6. The molecule has 0 aliphatic heterocycles. The molecule has 0 aromatic rings. The van der Waals surface area contributed by atoms with Gasteiger partial charge in [-0.1, -0.05) is 38.3 Å². The van der Waals surface area contributed by atoms with Crippen LogP contribution in [0.4, 0.5) is 0 Å². The molecule has 17 heavy (non-hydrogen) atoms. The standard InChI is InChI=1S/C14H28O3/c1-3-4-9-13(15)12-14(16)10-7-5-6-8-11-17-2/h4,9,13-16H,3,5-8,10-12H2,1-2H3/b9-4+. The van der Waals surface area contributed by atoms with Crippen LogP contribution in [-0.4, -0.2) is 36.1 Å². The Balaban J connectivity index is 3.39. The zero-order valence-electron chi connectivity index (χ0n) is 11.3. The van der Waals surface area contributed by atoms with E-state index >= 15 is 0 Å². The van der Waals surface area contributed by atoms with Crippen molar-refractivity contribution in [1.82, 2.24) is 0 Å². The fourth-order valence-electron chi connectivity index (χ4n) is 1.75. The van der Waals surface area contributed by atoms with Crippen LogP contribution in [-0.2, 0) is 4.74 Å². The molecule has 2 atom stereocenters. The minimum absolute atomic E-state index is 0.381. The molecule has 0 spiro atoms. The third-order valence-corrected chi connectivity index (χ3v) is 2.74. The number of allylic oxidation sites excluding steroid dienone is 1. The van der Waals surface area contributed by atoms with E-state index in [0.29, 0.717) is 6.42 Å².